The molecule has 120 valence electrons. The molecule has 3 rings (SSSR count). The molecule has 0 fully saturated rings. The minimum atomic E-state index is -0.681. The van der Waals surface area contributed by atoms with Crippen molar-refractivity contribution < 1.29 is 9.84 Å². The van der Waals surface area contributed by atoms with E-state index in [1.165, 1.54) is 6.07 Å². The second kappa shape index (κ2) is 5.55. The summed E-state index contributed by atoms with van der Waals surface area (Å²) in [6.07, 6.45) is 2.89. The fourth-order valence-corrected chi connectivity index (χ4v) is 2.84. The number of aliphatic hydroxyl groups is 1. The van der Waals surface area contributed by atoms with Crippen molar-refractivity contribution in [1.82, 2.24) is 4.57 Å². The van der Waals surface area contributed by atoms with Gasteiger partial charge in [-0.15, -0.1) is 0 Å². The smallest absolute Gasteiger partial charge is 0.255 e. The molecule has 2 heterocycles. The molecular formula is C18H18ClNO3. The molecule has 1 aromatic carbocycles. The maximum absolute atomic E-state index is 12.5. The number of hydrogen-bond donors (Lipinski definition) is 1. The molecule has 0 radical (unpaired) electrons. The third-order valence-electron chi connectivity index (χ3n) is 3.76. The molecule has 1 N–H and O–H groups in total. The Kier molecular flexibility index (Phi) is 3.82. The van der Waals surface area contributed by atoms with Crippen LogP contribution < -0.4 is 10.3 Å². The third-order valence-corrected chi connectivity index (χ3v) is 4.00. The predicted molar refractivity (Wildman–Crippen MR) is 90.9 cm³/mol. The maximum Gasteiger partial charge on any atom is 0.255 e. The summed E-state index contributed by atoms with van der Waals surface area (Å²) in [6, 6.07) is 8.53. The van der Waals surface area contributed by atoms with Gasteiger partial charge >= 0.3 is 0 Å². The van der Waals surface area contributed by atoms with Crippen LogP contribution in [0.3, 0.4) is 0 Å². The largest absolute Gasteiger partial charge is 0.483 e. The average molecular weight is 332 g/mol. The lowest BCUT2D eigenvalue weighted by atomic mass is 9.99. The molecular weight excluding hydrogens is 314 g/mol. The molecule has 1 aliphatic heterocycles. The van der Waals surface area contributed by atoms with Crippen LogP contribution in [-0.4, -0.2) is 15.3 Å². The highest BCUT2D eigenvalue weighted by molar-refractivity contribution is 6.30. The van der Waals surface area contributed by atoms with E-state index >= 15 is 0 Å². The van der Waals surface area contributed by atoms with Crippen molar-refractivity contribution in [3.8, 4) is 5.75 Å². The number of hydrogen-bond acceptors (Lipinski definition) is 3. The first-order valence-electron chi connectivity index (χ1n) is 7.40. The SMILES string of the molecule is CC(O)c1ccn(C2=CC(C)(C)Oc3ccc(Cl)cc32)c(=O)c1. The van der Waals surface area contributed by atoms with E-state index in [4.69, 9.17) is 16.3 Å². The van der Waals surface area contributed by atoms with Crippen LogP contribution in [0.1, 0.15) is 38.0 Å². The summed E-state index contributed by atoms with van der Waals surface area (Å²) in [6.45, 7) is 5.49. The van der Waals surface area contributed by atoms with Gasteiger partial charge in [0, 0.05) is 22.8 Å². The van der Waals surface area contributed by atoms with Gasteiger partial charge in [0.2, 0.25) is 0 Å². The van der Waals surface area contributed by atoms with Gasteiger partial charge < -0.3 is 9.84 Å². The summed E-state index contributed by atoms with van der Waals surface area (Å²) < 4.78 is 7.48. The van der Waals surface area contributed by atoms with Crippen LogP contribution in [0.2, 0.25) is 5.02 Å². The Hall–Kier alpha value is -2.04. The topological polar surface area (TPSA) is 51.5 Å². The molecule has 0 aliphatic carbocycles. The zero-order valence-electron chi connectivity index (χ0n) is 13.2. The van der Waals surface area contributed by atoms with E-state index in [2.05, 4.69) is 0 Å². The summed E-state index contributed by atoms with van der Waals surface area (Å²) >= 11 is 6.10. The predicted octanol–water partition coefficient (Wildman–Crippen LogP) is 3.62. The van der Waals surface area contributed by atoms with E-state index in [-0.39, 0.29) is 5.56 Å². The fraction of sp³-hybridized carbons (Fsp3) is 0.278. The summed E-state index contributed by atoms with van der Waals surface area (Å²) in [4.78, 5) is 12.5. The van der Waals surface area contributed by atoms with Gasteiger partial charge in [-0.05, 0) is 56.7 Å². The molecule has 0 saturated heterocycles. The molecule has 0 amide bonds. The number of ether oxygens (including phenoxy) is 1. The summed E-state index contributed by atoms with van der Waals surface area (Å²) in [5.74, 6) is 0.684. The molecule has 1 aromatic heterocycles. The second-order valence-electron chi connectivity index (χ2n) is 6.22. The third kappa shape index (κ3) is 3.05. The highest BCUT2D eigenvalue weighted by Crippen LogP contribution is 2.37. The number of aliphatic hydroxyl groups excluding tert-OH is 1. The first-order valence-corrected chi connectivity index (χ1v) is 7.77. The molecule has 4 nitrogen and oxygen atoms in total. The number of aromatic nitrogens is 1. The minimum absolute atomic E-state index is 0.210. The van der Waals surface area contributed by atoms with Crippen molar-refractivity contribution in [3.63, 3.8) is 0 Å². The quantitative estimate of drug-likeness (QED) is 0.914. The lowest BCUT2D eigenvalue weighted by Crippen LogP contribution is -2.32. The van der Waals surface area contributed by atoms with Crippen LogP contribution in [0.4, 0.5) is 0 Å². The Balaban J connectivity index is 2.20. The molecule has 5 heteroatoms. The standard InChI is InChI=1S/C18H18ClNO3/c1-11(21)12-6-7-20(17(22)8-12)15-10-18(2,3)23-16-5-4-13(19)9-14(15)16/h4-11,21H,1-3H3. The highest BCUT2D eigenvalue weighted by Gasteiger charge is 2.28. The molecule has 0 saturated carbocycles. The number of pyridine rings is 1. The molecule has 2 aromatic rings. The molecule has 23 heavy (non-hydrogen) atoms. The van der Waals surface area contributed by atoms with Crippen molar-refractivity contribution in [1.29, 1.82) is 0 Å². The van der Waals surface area contributed by atoms with E-state index < -0.39 is 11.7 Å². The number of nitrogens with zero attached hydrogens (tertiary/aromatic N) is 1. The normalized spacial score (nSPS) is 17.0. The number of rotatable bonds is 2. The summed E-state index contributed by atoms with van der Waals surface area (Å²) in [5, 5.41) is 10.2. The molecule has 1 atom stereocenters. The zero-order chi connectivity index (χ0) is 16.8. The van der Waals surface area contributed by atoms with Crippen LogP contribution in [0.15, 0.2) is 47.4 Å². The van der Waals surface area contributed by atoms with Crippen LogP contribution >= 0.6 is 11.6 Å². The van der Waals surface area contributed by atoms with Gasteiger partial charge in [0.05, 0.1) is 11.8 Å². The van der Waals surface area contributed by atoms with Gasteiger partial charge in [-0.3, -0.25) is 9.36 Å². The van der Waals surface area contributed by atoms with Crippen LogP contribution in [0, 0.1) is 0 Å². The van der Waals surface area contributed by atoms with Crippen LogP contribution in [-0.2, 0) is 0 Å². The van der Waals surface area contributed by atoms with E-state index in [1.807, 2.05) is 26.0 Å². The molecule has 1 aliphatic rings. The fourth-order valence-electron chi connectivity index (χ4n) is 2.66. The molecule has 0 bridgehead atoms. The van der Waals surface area contributed by atoms with E-state index in [0.717, 1.165) is 11.3 Å². The Morgan fingerprint density at radius 3 is 2.65 bits per heavy atom. The minimum Gasteiger partial charge on any atom is -0.483 e. The van der Waals surface area contributed by atoms with Gasteiger partial charge in [0.1, 0.15) is 11.4 Å². The summed E-state index contributed by atoms with van der Waals surface area (Å²) in [7, 11) is 0. The Labute approximate surface area is 139 Å². The first kappa shape index (κ1) is 15.8. The number of fused-ring (bicyclic) bond motifs is 1. The van der Waals surface area contributed by atoms with Gasteiger partial charge in [0.15, 0.2) is 0 Å². The highest BCUT2D eigenvalue weighted by atomic mass is 35.5. The first-order chi connectivity index (χ1) is 10.8. The van der Waals surface area contributed by atoms with Crippen LogP contribution in [0.25, 0.3) is 5.70 Å². The van der Waals surface area contributed by atoms with Crippen LogP contribution in [0.5, 0.6) is 5.75 Å². The Bertz CT molecular complexity index is 850. The Morgan fingerprint density at radius 2 is 2.00 bits per heavy atom. The van der Waals surface area contributed by atoms with Gasteiger partial charge in [-0.1, -0.05) is 11.6 Å². The van der Waals surface area contributed by atoms with E-state index in [0.29, 0.717) is 16.3 Å². The van der Waals surface area contributed by atoms with E-state index in [1.54, 1.807) is 35.9 Å². The van der Waals surface area contributed by atoms with Gasteiger partial charge in [-0.2, -0.15) is 0 Å². The van der Waals surface area contributed by atoms with Crippen molar-refractivity contribution in [2.45, 2.75) is 32.5 Å². The van der Waals surface area contributed by atoms with Crippen molar-refractivity contribution in [2.24, 2.45) is 0 Å². The summed E-state index contributed by atoms with van der Waals surface area (Å²) in [5.41, 5.74) is 1.32. The monoisotopic (exact) mass is 331 g/mol. The second-order valence-corrected chi connectivity index (χ2v) is 6.66. The maximum atomic E-state index is 12.5. The average Bonchev–Trinajstić information content (AvgIpc) is 2.46. The van der Waals surface area contributed by atoms with Crippen molar-refractivity contribution in [2.75, 3.05) is 0 Å². The number of benzene rings is 1. The van der Waals surface area contributed by atoms with Crippen molar-refractivity contribution in [3.05, 3.63) is 69.1 Å². The number of halogens is 1. The van der Waals surface area contributed by atoms with Gasteiger partial charge in [0.25, 0.3) is 5.56 Å². The zero-order valence-corrected chi connectivity index (χ0v) is 14.0. The lowest BCUT2D eigenvalue weighted by Gasteiger charge is -2.31. The van der Waals surface area contributed by atoms with E-state index in [9.17, 15) is 9.90 Å². The molecule has 0 spiro atoms. The Morgan fingerprint density at radius 1 is 1.26 bits per heavy atom. The van der Waals surface area contributed by atoms with Gasteiger partial charge in [-0.25, -0.2) is 0 Å². The lowest BCUT2D eigenvalue weighted by molar-refractivity contribution is 0.157. The molecule has 1 unspecified atom stereocenters. The van der Waals surface area contributed by atoms with Crippen molar-refractivity contribution >= 4 is 17.3 Å².